The van der Waals surface area contributed by atoms with Crippen molar-refractivity contribution in [3.63, 3.8) is 0 Å². The number of aromatic nitrogens is 1. The van der Waals surface area contributed by atoms with Crippen molar-refractivity contribution in [3.8, 4) is 10.8 Å². The fourth-order valence-electron chi connectivity index (χ4n) is 2.24. The van der Waals surface area contributed by atoms with Gasteiger partial charge >= 0.3 is 0 Å². The molecule has 0 saturated carbocycles. The van der Waals surface area contributed by atoms with Gasteiger partial charge in [0, 0.05) is 29.7 Å². The molecule has 4 nitrogen and oxygen atoms in total. The summed E-state index contributed by atoms with van der Waals surface area (Å²) >= 11 is 1.53. The fourth-order valence-corrected chi connectivity index (χ4v) is 3.08. The molecule has 3 rings (SSSR count). The molecule has 6 heteroatoms. The van der Waals surface area contributed by atoms with Gasteiger partial charge in [-0.3, -0.25) is 0 Å². The third-order valence-electron chi connectivity index (χ3n) is 3.41. The van der Waals surface area contributed by atoms with E-state index in [1.807, 2.05) is 19.1 Å². The van der Waals surface area contributed by atoms with Gasteiger partial charge in [0.1, 0.15) is 11.6 Å². The van der Waals surface area contributed by atoms with Crippen LogP contribution in [-0.2, 0) is 6.54 Å². The molecule has 0 aliphatic heterocycles. The molecule has 1 unspecified atom stereocenters. The number of hydrogen-bond donors (Lipinski definition) is 2. The van der Waals surface area contributed by atoms with E-state index in [0.29, 0.717) is 12.1 Å². The van der Waals surface area contributed by atoms with Crippen molar-refractivity contribution in [2.24, 2.45) is 0 Å². The summed E-state index contributed by atoms with van der Waals surface area (Å²) in [5.74, 6) is 1.21. The number of thiazole rings is 1. The highest BCUT2D eigenvalue weighted by Gasteiger charge is 2.12. The van der Waals surface area contributed by atoms with Crippen molar-refractivity contribution in [1.29, 1.82) is 0 Å². The van der Waals surface area contributed by atoms with Crippen molar-refractivity contribution in [3.05, 3.63) is 64.6 Å². The summed E-state index contributed by atoms with van der Waals surface area (Å²) in [4.78, 5) is 5.36. The Morgan fingerprint density at radius 1 is 1.30 bits per heavy atom. The first kappa shape index (κ1) is 15.9. The number of nitrogens with one attached hydrogen (secondary N) is 1. The van der Waals surface area contributed by atoms with Crippen molar-refractivity contribution < 1.29 is 13.9 Å². The number of aliphatic hydroxyl groups is 1. The van der Waals surface area contributed by atoms with Crippen LogP contribution in [0.2, 0.25) is 0 Å². The van der Waals surface area contributed by atoms with Gasteiger partial charge < -0.3 is 14.8 Å². The van der Waals surface area contributed by atoms with E-state index in [9.17, 15) is 9.50 Å². The van der Waals surface area contributed by atoms with Crippen LogP contribution in [0, 0.1) is 12.7 Å². The molecule has 0 amide bonds. The molecule has 1 atom stereocenters. The molecule has 2 heterocycles. The Balaban J connectivity index is 1.55. The Bertz CT molecular complexity index is 784. The maximum absolute atomic E-state index is 13.6. The lowest BCUT2D eigenvalue weighted by Crippen LogP contribution is -2.21. The zero-order valence-corrected chi connectivity index (χ0v) is 13.4. The first-order valence-electron chi connectivity index (χ1n) is 7.28. The minimum Gasteiger partial charge on any atom is -0.459 e. The molecule has 0 saturated heterocycles. The molecule has 0 spiro atoms. The summed E-state index contributed by atoms with van der Waals surface area (Å²) in [5.41, 5.74) is 0.302. The molecular formula is C17H17FN2O2S. The SMILES string of the molecule is Cc1ccc(-c2ncc(CNCC(O)c3ccccc3F)s2)o1. The van der Waals surface area contributed by atoms with E-state index < -0.39 is 11.9 Å². The first-order chi connectivity index (χ1) is 11.1. The van der Waals surface area contributed by atoms with E-state index in [4.69, 9.17) is 4.42 Å². The molecule has 2 aromatic heterocycles. The average Bonchev–Trinajstić information content (AvgIpc) is 3.16. The number of halogens is 1. The van der Waals surface area contributed by atoms with Gasteiger partial charge in [-0.25, -0.2) is 9.37 Å². The van der Waals surface area contributed by atoms with Gasteiger partial charge in [-0.1, -0.05) is 18.2 Å². The van der Waals surface area contributed by atoms with Crippen molar-refractivity contribution in [2.45, 2.75) is 19.6 Å². The van der Waals surface area contributed by atoms with Gasteiger partial charge in [-0.15, -0.1) is 11.3 Å². The van der Waals surface area contributed by atoms with Crippen molar-refractivity contribution >= 4 is 11.3 Å². The van der Waals surface area contributed by atoms with Crippen LogP contribution in [0.15, 0.2) is 47.0 Å². The molecule has 0 fully saturated rings. The van der Waals surface area contributed by atoms with Crippen LogP contribution < -0.4 is 5.32 Å². The van der Waals surface area contributed by atoms with Crippen LogP contribution in [0.5, 0.6) is 0 Å². The molecule has 2 N–H and O–H groups in total. The summed E-state index contributed by atoms with van der Waals surface area (Å²) in [6.07, 6.45) is 0.900. The minimum absolute atomic E-state index is 0.272. The Labute approximate surface area is 137 Å². The minimum atomic E-state index is -0.878. The quantitative estimate of drug-likeness (QED) is 0.723. The normalized spacial score (nSPS) is 12.5. The monoisotopic (exact) mass is 332 g/mol. The highest BCUT2D eigenvalue weighted by molar-refractivity contribution is 7.14. The first-order valence-corrected chi connectivity index (χ1v) is 8.10. The molecule has 0 aliphatic rings. The lowest BCUT2D eigenvalue weighted by atomic mass is 10.1. The number of furan rings is 1. The molecule has 0 aliphatic carbocycles. The van der Waals surface area contributed by atoms with Crippen LogP contribution in [0.4, 0.5) is 4.39 Å². The van der Waals surface area contributed by atoms with E-state index in [-0.39, 0.29) is 6.54 Å². The number of rotatable bonds is 6. The summed E-state index contributed by atoms with van der Waals surface area (Å²) in [7, 11) is 0. The van der Waals surface area contributed by atoms with E-state index in [2.05, 4.69) is 10.3 Å². The molecule has 0 radical (unpaired) electrons. The zero-order chi connectivity index (χ0) is 16.2. The maximum Gasteiger partial charge on any atom is 0.162 e. The van der Waals surface area contributed by atoms with Crippen molar-refractivity contribution in [2.75, 3.05) is 6.54 Å². The van der Waals surface area contributed by atoms with E-state index in [0.717, 1.165) is 21.4 Å². The second-order valence-electron chi connectivity index (χ2n) is 5.21. The Hall–Kier alpha value is -2.02. The maximum atomic E-state index is 13.6. The Kier molecular flexibility index (Phi) is 4.85. The highest BCUT2D eigenvalue weighted by atomic mass is 32.1. The van der Waals surface area contributed by atoms with Crippen LogP contribution in [0.3, 0.4) is 0 Å². The van der Waals surface area contributed by atoms with Crippen LogP contribution in [-0.4, -0.2) is 16.6 Å². The summed E-state index contributed by atoms with van der Waals surface area (Å²) in [6.45, 7) is 2.72. The predicted molar refractivity (Wildman–Crippen MR) is 87.6 cm³/mol. The predicted octanol–water partition coefficient (Wildman–Crippen LogP) is 3.67. The molecule has 0 bridgehead atoms. The second-order valence-corrected chi connectivity index (χ2v) is 6.33. The standard InChI is InChI=1S/C17H17FN2O2S/c1-11-6-7-16(22-11)17-20-9-12(23-17)8-19-10-15(21)13-4-2-3-5-14(13)18/h2-7,9,15,19,21H,8,10H2,1H3. The lowest BCUT2D eigenvalue weighted by Gasteiger charge is -2.12. The second kappa shape index (κ2) is 7.04. The van der Waals surface area contributed by atoms with Gasteiger partial charge in [0.25, 0.3) is 0 Å². The number of hydrogen-bond acceptors (Lipinski definition) is 5. The van der Waals surface area contributed by atoms with Gasteiger partial charge in [0.2, 0.25) is 0 Å². The van der Waals surface area contributed by atoms with E-state index >= 15 is 0 Å². The number of benzene rings is 1. The van der Waals surface area contributed by atoms with Crippen LogP contribution in [0.25, 0.3) is 10.8 Å². The van der Waals surface area contributed by atoms with E-state index in [1.165, 1.54) is 17.4 Å². The third kappa shape index (κ3) is 3.85. The summed E-state index contributed by atoms with van der Waals surface area (Å²) < 4.78 is 19.1. The molecule has 120 valence electrons. The fraction of sp³-hybridized carbons (Fsp3) is 0.235. The zero-order valence-electron chi connectivity index (χ0n) is 12.6. The van der Waals surface area contributed by atoms with Crippen LogP contribution in [0.1, 0.15) is 22.3 Å². The lowest BCUT2D eigenvalue weighted by molar-refractivity contribution is 0.170. The van der Waals surface area contributed by atoms with Gasteiger partial charge in [-0.2, -0.15) is 0 Å². The topological polar surface area (TPSA) is 58.3 Å². The van der Waals surface area contributed by atoms with Crippen molar-refractivity contribution in [1.82, 2.24) is 10.3 Å². The highest BCUT2D eigenvalue weighted by Crippen LogP contribution is 2.26. The average molecular weight is 332 g/mol. The Morgan fingerprint density at radius 3 is 2.87 bits per heavy atom. The number of aryl methyl sites for hydroxylation is 1. The van der Waals surface area contributed by atoms with Gasteiger partial charge in [-0.05, 0) is 25.1 Å². The molecule has 23 heavy (non-hydrogen) atoms. The molecule has 1 aromatic carbocycles. The molecule has 3 aromatic rings. The third-order valence-corrected chi connectivity index (χ3v) is 4.42. The molecular weight excluding hydrogens is 315 g/mol. The van der Waals surface area contributed by atoms with Crippen LogP contribution >= 0.6 is 11.3 Å². The van der Waals surface area contributed by atoms with Gasteiger partial charge in [0.15, 0.2) is 10.8 Å². The summed E-state index contributed by atoms with van der Waals surface area (Å²) in [5, 5.41) is 14.0. The number of aliphatic hydroxyl groups excluding tert-OH is 1. The summed E-state index contributed by atoms with van der Waals surface area (Å²) in [6, 6.07) is 10.1. The number of nitrogens with zero attached hydrogens (tertiary/aromatic N) is 1. The smallest absolute Gasteiger partial charge is 0.162 e. The largest absolute Gasteiger partial charge is 0.459 e. The Morgan fingerprint density at radius 2 is 2.13 bits per heavy atom. The van der Waals surface area contributed by atoms with E-state index in [1.54, 1.807) is 24.4 Å². The van der Waals surface area contributed by atoms with Gasteiger partial charge in [0.05, 0.1) is 6.10 Å².